The van der Waals surface area contributed by atoms with E-state index in [2.05, 4.69) is 60.7 Å². The summed E-state index contributed by atoms with van der Waals surface area (Å²) in [6, 6.07) is 48.0. The van der Waals surface area contributed by atoms with Gasteiger partial charge in [-0.2, -0.15) is 0 Å². The van der Waals surface area contributed by atoms with E-state index in [4.69, 9.17) is 11.3 Å². The van der Waals surface area contributed by atoms with Crippen LogP contribution in [0.2, 0.25) is 0 Å². The summed E-state index contributed by atoms with van der Waals surface area (Å²) in [7, 11) is 0. The van der Waals surface area contributed by atoms with E-state index in [-0.39, 0.29) is 11.3 Å². The molecule has 266 valence electrons. The fourth-order valence-electron chi connectivity index (χ4n) is 9.41. The molecule has 0 amide bonds. The number of benzene rings is 10. The maximum atomic E-state index is 9.89. The first-order chi connectivity index (χ1) is 32.0. The minimum Gasteiger partial charge on any atom is -0.456 e. The summed E-state index contributed by atoms with van der Waals surface area (Å²) >= 11 is 0. The summed E-state index contributed by atoms with van der Waals surface area (Å²) in [6.07, 6.45) is 0. The molecule has 0 aliphatic heterocycles. The van der Waals surface area contributed by atoms with E-state index in [1.165, 1.54) is 0 Å². The largest absolute Gasteiger partial charge is 0.456 e. The summed E-state index contributed by atoms with van der Waals surface area (Å²) in [6.45, 7) is 0. The van der Waals surface area contributed by atoms with E-state index in [0.717, 1.165) is 71.3 Å². The molecule has 1 aliphatic carbocycles. The van der Waals surface area contributed by atoms with Crippen LogP contribution in [0.5, 0.6) is 0 Å². The van der Waals surface area contributed by atoms with E-state index in [0.29, 0.717) is 17.0 Å². The summed E-state index contributed by atoms with van der Waals surface area (Å²) in [5.41, 5.74) is 7.17. The quantitative estimate of drug-likeness (QED) is 0.158. The first kappa shape index (κ1) is 24.2. The maximum Gasteiger partial charge on any atom is 0.136 e. The van der Waals surface area contributed by atoms with Gasteiger partial charge in [-0.1, -0.05) is 170 Å². The lowest BCUT2D eigenvalue weighted by Crippen LogP contribution is -2.28. The van der Waals surface area contributed by atoms with E-state index in [9.17, 15) is 5.48 Å². The average molecular weight is 735 g/mol. The highest BCUT2D eigenvalue weighted by molar-refractivity contribution is 6.35. The molecule has 0 bridgehead atoms. The second-order valence-corrected chi connectivity index (χ2v) is 14.5. The third-order valence-electron chi connectivity index (χ3n) is 11.7. The van der Waals surface area contributed by atoms with Gasteiger partial charge in [0, 0.05) is 27.5 Å². The maximum absolute atomic E-state index is 9.89. The Morgan fingerprint density at radius 2 is 1.00 bits per heavy atom. The van der Waals surface area contributed by atoms with Crippen LogP contribution in [-0.4, -0.2) is 0 Å². The minimum atomic E-state index is -0.807. The Morgan fingerprint density at radius 3 is 1.72 bits per heavy atom. The van der Waals surface area contributed by atoms with Crippen molar-refractivity contribution >= 4 is 60.5 Å². The molecule has 0 spiro atoms. The van der Waals surface area contributed by atoms with Crippen LogP contribution >= 0.6 is 0 Å². The van der Waals surface area contributed by atoms with Crippen LogP contribution in [0.25, 0.3) is 65.7 Å². The Balaban J connectivity index is 1.22. The Hall–Kier alpha value is -7.42. The van der Waals surface area contributed by atoms with Gasteiger partial charge in [-0.3, -0.25) is 0 Å². The molecule has 2 heteroatoms. The van der Waals surface area contributed by atoms with Crippen LogP contribution in [0.1, 0.15) is 34.6 Å². The predicted octanol–water partition coefficient (Wildman–Crippen LogP) is 14.8. The van der Waals surface area contributed by atoms with Gasteiger partial charge in [-0.05, 0) is 103 Å². The van der Waals surface area contributed by atoms with Gasteiger partial charge in [-0.25, -0.2) is 0 Å². The second kappa shape index (κ2) is 12.3. The number of nitrogens with zero attached hydrogens (tertiary/aromatic N) is 1. The first-order valence-electron chi connectivity index (χ1n) is 23.4. The molecule has 11 aromatic rings. The average Bonchev–Trinajstić information content (AvgIpc) is 3.89. The van der Waals surface area contributed by atoms with E-state index in [1.54, 1.807) is 4.90 Å². The van der Waals surface area contributed by atoms with Crippen molar-refractivity contribution in [2.75, 3.05) is 4.90 Å². The molecule has 0 N–H and O–H groups in total. The van der Waals surface area contributed by atoms with Crippen LogP contribution in [-0.2, 0) is 5.41 Å². The molecule has 12 rings (SSSR count). The predicted molar refractivity (Wildman–Crippen MR) is 237 cm³/mol. The number of rotatable bonds is 6. The first-order valence-corrected chi connectivity index (χ1v) is 18.9. The fourth-order valence-corrected chi connectivity index (χ4v) is 9.41. The molecular weight excluding hydrogens is 691 g/mol. The highest BCUT2D eigenvalue weighted by Crippen LogP contribution is 2.57. The number of hydrogen-bond donors (Lipinski definition) is 0. The van der Waals surface area contributed by atoms with Crippen LogP contribution < -0.4 is 4.90 Å². The van der Waals surface area contributed by atoms with Crippen molar-refractivity contribution in [3.63, 3.8) is 0 Å². The molecular formula is C55H35NO. The van der Waals surface area contributed by atoms with Crippen molar-refractivity contribution in [3.8, 4) is 22.3 Å². The van der Waals surface area contributed by atoms with Crippen molar-refractivity contribution in [1.29, 1.82) is 0 Å². The zero-order chi connectivity index (χ0) is 45.3. The zero-order valence-electron chi connectivity index (χ0n) is 39.4. The standard InChI is InChI=1S/C55H35NO/c1-4-15-36(16-5-1)37-29-31-40(32-30-37)56(49-26-12-22-44-45-23-13-27-50-53(45)54-46(52(44)49)24-14-28-51(54)57-50)41-33-34-43-42-21-10-11-25-47(42)55(48(43)35-41,38-17-6-2-7-18-38)39-19-8-3-9-20-39/h1-35H/i1D,4D,5D,15D,16D,29D,30D,31D,32D. The molecule has 0 radical (unpaired) electrons. The van der Waals surface area contributed by atoms with Crippen molar-refractivity contribution in [2.24, 2.45) is 0 Å². The van der Waals surface area contributed by atoms with Crippen molar-refractivity contribution in [1.82, 2.24) is 0 Å². The molecule has 0 fully saturated rings. The summed E-state index contributed by atoms with van der Waals surface area (Å²) < 4.78 is 88.0. The Bertz CT molecular complexity index is 3730. The lowest BCUT2D eigenvalue weighted by molar-refractivity contribution is 0.669. The summed E-state index contributed by atoms with van der Waals surface area (Å²) in [5, 5.41) is 5.44. The topological polar surface area (TPSA) is 16.4 Å². The van der Waals surface area contributed by atoms with Crippen LogP contribution in [0.15, 0.2) is 217 Å². The van der Waals surface area contributed by atoms with Gasteiger partial charge >= 0.3 is 0 Å². The van der Waals surface area contributed by atoms with Crippen molar-refractivity contribution < 1.29 is 16.8 Å². The lowest BCUT2D eigenvalue weighted by Gasteiger charge is -2.35. The van der Waals surface area contributed by atoms with Gasteiger partial charge in [-0.15, -0.1) is 0 Å². The molecule has 0 saturated carbocycles. The Kier molecular flexibility index (Phi) is 5.21. The zero-order valence-corrected chi connectivity index (χ0v) is 30.4. The molecule has 0 saturated heterocycles. The van der Waals surface area contributed by atoms with E-state index < -0.39 is 65.4 Å². The van der Waals surface area contributed by atoms with Gasteiger partial charge in [0.25, 0.3) is 0 Å². The van der Waals surface area contributed by atoms with Gasteiger partial charge in [0.2, 0.25) is 0 Å². The van der Waals surface area contributed by atoms with Crippen LogP contribution in [0.3, 0.4) is 0 Å². The van der Waals surface area contributed by atoms with Gasteiger partial charge in [0.15, 0.2) is 0 Å². The Morgan fingerprint density at radius 1 is 0.421 bits per heavy atom. The number of furan rings is 1. The normalized spacial score (nSPS) is 15.3. The summed E-state index contributed by atoms with van der Waals surface area (Å²) in [4.78, 5) is 1.80. The smallest absolute Gasteiger partial charge is 0.136 e. The molecule has 1 heterocycles. The number of hydrogen-bond acceptors (Lipinski definition) is 2. The molecule has 1 aliphatic rings. The molecule has 1 aromatic heterocycles. The third-order valence-corrected chi connectivity index (χ3v) is 11.7. The highest BCUT2D eigenvalue weighted by atomic mass is 16.3. The van der Waals surface area contributed by atoms with Gasteiger partial charge < -0.3 is 9.32 Å². The molecule has 10 aromatic carbocycles. The van der Waals surface area contributed by atoms with E-state index >= 15 is 0 Å². The number of anilines is 3. The van der Waals surface area contributed by atoms with Crippen LogP contribution in [0.4, 0.5) is 17.1 Å². The number of fused-ring (bicyclic) bond motifs is 6. The van der Waals surface area contributed by atoms with Gasteiger partial charge in [0.1, 0.15) is 11.2 Å². The molecule has 57 heavy (non-hydrogen) atoms. The fraction of sp³-hybridized carbons (Fsp3) is 0.0182. The third kappa shape index (κ3) is 4.53. The van der Waals surface area contributed by atoms with Crippen molar-refractivity contribution in [3.05, 3.63) is 234 Å². The van der Waals surface area contributed by atoms with E-state index in [1.807, 2.05) is 97.1 Å². The van der Waals surface area contributed by atoms with Crippen LogP contribution in [0, 0.1) is 0 Å². The molecule has 2 nitrogen and oxygen atoms in total. The molecule has 0 unspecified atom stereocenters. The van der Waals surface area contributed by atoms with Gasteiger partial charge in [0.05, 0.1) is 23.4 Å². The lowest BCUT2D eigenvalue weighted by atomic mass is 9.67. The molecule has 0 atom stereocenters. The Labute approximate surface area is 343 Å². The summed E-state index contributed by atoms with van der Waals surface area (Å²) in [5.74, 6) is 0. The second-order valence-electron chi connectivity index (χ2n) is 14.5. The van der Waals surface area contributed by atoms with Crippen molar-refractivity contribution in [2.45, 2.75) is 5.41 Å². The SMILES string of the molecule is [2H]c1c([2H])c([2H])c(-c2c([2H])c([2H])c(N(c3ccc4c(c3)C(c3ccccc3)(c3ccccc3)c3ccccc3-4)c3cccc4c5cccc6oc7cccc(c34)c7c65)c([2H])c2[2H])c([2H])c1[2H]. The minimum absolute atomic E-state index is 0.0709. The monoisotopic (exact) mass is 734 g/mol. The highest BCUT2D eigenvalue weighted by Gasteiger charge is 2.46.